The van der Waals surface area contributed by atoms with Crippen molar-refractivity contribution in [1.29, 1.82) is 0 Å². The number of nitrogens with one attached hydrogen (secondary N) is 1. The summed E-state index contributed by atoms with van der Waals surface area (Å²) in [4.78, 5) is 11.5. The predicted octanol–water partition coefficient (Wildman–Crippen LogP) is 4.99. The van der Waals surface area contributed by atoms with Gasteiger partial charge in [0, 0.05) is 25.0 Å². The van der Waals surface area contributed by atoms with Gasteiger partial charge in [-0.3, -0.25) is 0 Å². The Hall–Kier alpha value is -2.88. The van der Waals surface area contributed by atoms with E-state index in [-0.39, 0.29) is 0 Å². The van der Waals surface area contributed by atoms with Crippen molar-refractivity contribution in [3.63, 3.8) is 0 Å². The summed E-state index contributed by atoms with van der Waals surface area (Å²) in [6.07, 6.45) is 5.39. The Kier molecular flexibility index (Phi) is 5.33. The molecule has 1 fully saturated rings. The first-order valence-corrected chi connectivity index (χ1v) is 9.72. The molecule has 0 amide bonds. The fourth-order valence-electron chi connectivity index (χ4n) is 3.64. The van der Waals surface area contributed by atoms with Gasteiger partial charge in [0.2, 0.25) is 5.95 Å². The molecule has 0 bridgehead atoms. The van der Waals surface area contributed by atoms with Gasteiger partial charge in [-0.15, -0.1) is 0 Å². The maximum absolute atomic E-state index is 4.73. The number of anilines is 3. The van der Waals surface area contributed by atoms with Crippen molar-refractivity contribution in [3.05, 3.63) is 78.0 Å². The van der Waals surface area contributed by atoms with E-state index in [4.69, 9.17) is 4.98 Å². The highest BCUT2D eigenvalue weighted by molar-refractivity contribution is 5.57. The van der Waals surface area contributed by atoms with Crippen LogP contribution in [-0.4, -0.2) is 23.1 Å². The fourth-order valence-corrected chi connectivity index (χ4v) is 3.64. The Balaban J connectivity index is 1.36. The number of hydrogen-bond acceptors (Lipinski definition) is 4. The van der Waals surface area contributed by atoms with E-state index < -0.39 is 0 Å². The normalized spacial score (nSPS) is 14.9. The zero-order valence-electron chi connectivity index (χ0n) is 15.8. The van der Waals surface area contributed by atoms with E-state index in [9.17, 15) is 0 Å². The minimum atomic E-state index is 0.748. The average Bonchev–Trinajstić information content (AvgIpc) is 2.71. The summed E-state index contributed by atoms with van der Waals surface area (Å²) in [5.74, 6) is 2.41. The van der Waals surface area contributed by atoms with Crippen LogP contribution in [0.25, 0.3) is 0 Å². The van der Waals surface area contributed by atoms with Crippen LogP contribution < -0.4 is 10.2 Å². The van der Waals surface area contributed by atoms with Crippen molar-refractivity contribution < 1.29 is 0 Å². The van der Waals surface area contributed by atoms with Crippen LogP contribution in [0.5, 0.6) is 0 Å². The van der Waals surface area contributed by atoms with Crippen LogP contribution in [0.4, 0.5) is 17.5 Å². The lowest BCUT2D eigenvalue weighted by molar-refractivity contribution is 0.400. The molecule has 1 aromatic heterocycles. The minimum Gasteiger partial charge on any atom is -0.341 e. The average molecular weight is 358 g/mol. The highest BCUT2D eigenvalue weighted by Crippen LogP contribution is 2.25. The molecule has 0 radical (unpaired) electrons. The molecule has 3 aromatic rings. The number of aromatic nitrogens is 2. The first-order chi connectivity index (χ1) is 13.3. The van der Waals surface area contributed by atoms with E-state index in [1.165, 1.54) is 30.4 Å². The molecule has 1 N–H and O–H groups in total. The molecule has 0 aliphatic carbocycles. The van der Waals surface area contributed by atoms with Gasteiger partial charge in [0.05, 0.1) is 0 Å². The van der Waals surface area contributed by atoms with Crippen molar-refractivity contribution in [2.75, 3.05) is 23.3 Å². The number of hydrogen-bond donors (Lipinski definition) is 1. The van der Waals surface area contributed by atoms with Crippen LogP contribution >= 0.6 is 0 Å². The molecule has 2 heterocycles. The summed E-state index contributed by atoms with van der Waals surface area (Å²) in [6, 6.07) is 21.1. The van der Waals surface area contributed by atoms with Crippen LogP contribution in [0.3, 0.4) is 0 Å². The molecule has 0 atom stereocenters. The first-order valence-electron chi connectivity index (χ1n) is 9.72. The number of aryl methyl sites for hydroxylation is 1. The smallest absolute Gasteiger partial charge is 0.227 e. The third-order valence-electron chi connectivity index (χ3n) is 5.23. The zero-order chi connectivity index (χ0) is 18.5. The van der Waals surface area contributed by atoms with Crippen LogP contribution in [0.1, 0.15) is 24.0 Å². The van der Waals surface area contributed by atoms with Crippen molar-refractivity contribution in [3.8, 4) is 0 Å². The quantitative estimate of drug-likeness (QED) is 0.698. The van der Waals surface area contributed by atoms with Gasteiger partial charge < -0.3 is 10.2 Å². The van der Waals surface area contributed by atoms with E-state index in [0.717, 1.165) is 36.5 Å². The molecule has 1 aliphatic rings. The number of piperidine rings is 1. The maximum atomic E-state index is 4.73. The van der Waals surface area contributed by atoms with Gasteiger partial charge in [-0.2, -0.15) is 4.98 Å². The second-order valence-corrected chi connectivity index (χ2v) is 7.35. The van der Waals surface area contributed by atoms with Crippen LogP contribution in [0.15, 0.2) is 66.9 Å². The first kappa shape index (κ1) is 17.5. The monoisotopic (exact) mass is 358 g/mol. The third kappa shape index (κ3) is 4.64. The number of rotatable bonds is 5. The Morgan fingerprint density at radius 2 is 1.70 bits per heavy atom. The highest BCUT2D eigenvalue weighted by atomic mass is 15.3. The number of benzene rings is 2. The Morgan fingerprint density at radius 3 is 2.44 bits per heavy atom. The molecule has 138 valence electrons. The molecule has 4 rings (SSSR count). The molecule has 0 spiro atoms. The van der Waals surface area contributed by atoms with Gasteiger partial charge in [-0.1, -0.05) is 48.0 Å². The third-order valence-corrected chi connectivity index (χ3v) is 5.23. The van der Waals surface area contributed by atoms with E-state index >= 15 is 0 Å². The summed E-state index contributed by atoms with van der Waals surface area (Å²) in [5, 5.41) is 3.37. The summed E-state index contributed by atoms with van der Waals surface area (Å²) in [6.45, 7) is 4.13. The van der Waals surface area contributed by atoms with Gasteiger partial charge in [-0.25, -0.2) is 4.98 Å². The van der Waals surface area contributed by atoms with Crippen LogP contribution in [-0.2, 0) is 6.42 Å². The van der Waals surface area contributed by atoms with E-state index in [2.05, 4.69) is 76.7 Å². The van der Waals surface area contributed by atoms with E-state index in [1.807, 2.05) is 12.3 Å². The minimum absolute atomic E-state index is 0.748. The second kappa shape index (κ2) is 8.21. The van der Waals surface area contributed by atoms with E-state index in [0.29, 0.717) is 0 Å². The van der Waals surface area contributed by atoms with Gasteiger partial charge in [-0.05, 0) is 55.9 Å². The predicted molar refractivity (Wildman–Crippen MR) is 112 cm³/mol. The Bertz CT molecular complexity index is 853. The molecule has 2 aromatic carbocycles. The lowest BCUT2D eigenvalue weighted by atomic mass is 9.90. The lowest BCUT2D eigenvalue weighted by Crippen LogP contribution is -2.35. The summed E-state index contributed by atoms with van der Waals surface area (Å²) < 4.78 is 0. The van der Waals surface area contributed by atoms with Crippen molar-refractivity contribution in [2.45, 2.75) is 26.2 Å². The standard InChI is InChI=1S/C23H26N4/c1-18-7-9-21(10-8-18)25-22-11-14-24-23(26-22)27-15-12-20(13-16-27)17-19-5-3-2-4-6-19/h2-11,14,20H,12-13,15-17H2,1H3,(H,24,25,26). The summed E-state index contributed by atoms with van der Waals surface area (Å²) in [5.41, 5.74) is 3.74. The molecule has 4 nitrogen and oxygen atoms in total. The van der Waals surface area contributed by atoms with Gasteiger partial charge in [0.25, 0.3) is 0 Å². The maximum Gasteiger partial charge on any atom is 0.227 e. The molecule has 1 saturated heterocycles. The van der Waals surface area contributed by atoms with Gasteiger partial charge in [0.15, 0.2) is 0 Å². The largest absolute Gasteiger partial charge is 0.341 e. The number of nitrogens with zero attached hydrogens (tertiary/aromatic N) is 3. The van der Waals surface area contributed by atoms with Crippen molar-refractivity contribution in [2.24, 2.45) is 5.92 Å². The molecule has 0 unspecified atom stereocenters. The fraction of sp³-hybridized carbons (Fsp3) is 0.304. The lowest BCUT2D eigenvalue weighted by Gasteiger charge is -2.32. The van der Waals surface area contributed by atoms with Crippen molar-refractivity contribution >= 4 is 17.5 Å². The molecule has 0 saturated carbocycles. The van der Waals surface area contributed by atoms with Crippen LogP contribution in [0, 0.1) is 12.8 Å². The summed E-state index contributed by atoms with van der Waals surface area (Å²) in [7, 11) is 0. The van der Waals surface area contributed by atoms with Crippen molar-refractivity contribution in [1.82, 2.24) is 9.97 Å². The SMILES string of the molecule is Cc1ccc(Nc2ccnc(N3CCC(Cc4ccccc4)CC3)n2)cc1. The molecule has 4 heteroatoms. The Morgan fingerprint density at radius 1 is 0.963 bits per heavy atom. The topological polar surface area (TPSA) is 41.1 Å². The Labute approximate surface area is 161 Å². The van der Waals surface area contributed by atoms with E-state index in [1.54, 1.807) is 0 Å². The zero-order valence-corrected chi connectivity index (χ0v) is 15.8. The molecular formula is C23H26N4. The molecular weight excluding hydrogens is 332 g/mol. The molecule has 1 aliphatic heterocycles. The highest BCUT2D eigenvalue weighted by Gasteiger charge is 2.21. The van der Waals surface area contributed by atoms with Crippen LogP contribution in [0.2, 0.25) is 0 Å². The second-order valence-electron chi connectivity index (χ2n) is 7.35. The van der Waals surface area contributed by atoms with Gasteiger partial charge in [0.1, 0.15) is 5.82 Å². The molecule has 27 heavy (non-hydrogen) atoms. The summed E-state index contributed by atoms with van der Waals surface area (Å²) >= 11 is 0. The van der Waals surface area contributed by atoms with Gasteiger partial charge >= 0.3 is 0 Å².